The maximum Gasteiger partial charge on any atom is 0.321 e. The lowest BCUT2D eigenvalue weighted by atomic mass is 10.2. The highest BCUT2D eigenvalue weighted by atomic mass is 32.2. The molecule has 1 atom stereocenters. The second-order valence-corrected chi connectivity index (χ2v) is 8.93. The van der Waals surface area contributed by atoms with Crippen LogP contribution in [0.2, 0.25) is 0 Å². The number of nitrogens with zero attached hydrogens (tertiary/aromatic N) is 3. The van der Waals surface area contributed by atoms with E-state index in [1.807, 2.05) is 89.5 Å². The van der Waals surface area contributed by atoms with Crippen molar-refractivity contribution in [3.63, 3.8) is 0 Å². The minimum atomic E-state index is -0.590. The van der Waals surface area contributed by atoms with Crippen LogP contribution >= 0.6 is 11.8 Å². The van der Waals surface area contributed by atoms with Gasteiger partial charge in [0.05, 0.1) is 12.4 Å². The van der Waals surface area contributed by atoms with Crippen molar-refractivity contribution in [3.8, 4) is 22.8 Å². The Morgan fingerprint density at radius 1 is 0.943 bits per heavy atom. The summed E-state index contributed by atoms with van der Waals surface area (Å²) in [6, 6.07) is 26.1. The SMILES string of the molecule is COc1ccc(-c2nnc(SC(C)C(=O)NC(=O)NCc3ccccc3)n2-c2ccccc2)cc1. The molecule has 0 fully saturated rings. The van der Waals surface area contributed by atoms with E-state index < -0.39 is 17.2 Å². The van der Waals surface area contributed by atoms with E-state index >= 15 is 0 Å². The van der Waals surface area contributed by atoms with E-state index in [4.69, 9.17) is 4.74 Å². The molecule has 2 N–H and O–H groups in total. The van der Waals surface area contributed by atoms with Crippen LogP contribution in [0, 0.1) is 0 Å². The number of carbonyl (C=O) groups excluding carboxylic acids is 2. The van der Waals surface area contributed by atoms with Crippen molar-refractivity contribution < 1.29 is 14.3 Å². The van der Waals surface area contributed by atoms with Crippen LogP contribution in [0.3, 0.4) is 0 Å². The van der Waals surface area contributed by atoms with Crippen LogP contribution in [0.1, 0.15) is 12.5 Å². The molecular formula is C26H25N5O3S. The number of hydrogen-bond acceptors (Lipinski definition) is 6. The highest BCUT2D eigenvalue weighted by molar-refractivity contribution is 8.00. The van der Waals surface area contributed by atoms with Gasteiger partial charge in [0.1, 0.15) is 5.75 Å². The molecule has 0 radical (unpaired) electrons. The molecule has 0 aliphatic heterocycles. The summed E-state index contributed by atoms with van der Waals surface area (Å²) in [5.74, 6) is 0.952. The predicted octanol–water partition coefficient (Wildman–Crippen LogP) is 4.45. The molecule has 0 saturated carbocycles. The van der Waals surface area contributed by atoms with Crippen LogP contribution in [0.15, 0.2) is 90.1 Å². The van der Waals surface area contributed by atoms with Gasteiger partial charge < -0.3 is 10.1 Å². The normalized spacial score (nSPS) is 11.5. The number of nitrogens with one attached hydrogen (secondary N) is 2. The molecule has 0 aliphatic carbocycles. The highest BCUT2D eigenvalue weighted by Crippen LogP contribution is 2.30. The number of amides is 3. The minimum Gasteiger partial charge on any atom is -0.497 e. The molecule has 0 spiro atoms. The van der Waals surface area contributed by atoms with Gasteiger partial charge >= 0.3 is 6.03 Å². The maximum atomic E-state index is 12.7. The fourth-order valence-corrected chi connectivity index (χ4v) is 4.20. The minimum absolute atomic E-state index is 0.328. The summed E-state index contributed by atoms with van der Waals surface area (Å²) < 4.78 is 7.15. The molecule has 0 saturated heterocycles. The van der Waals surface area contributed by atoms with Crippen LogP contribution in [0.4, 0.5) is 4.79 Å². The fourth-order valence-electron chi connectivity index (χ4n) is 3.33. The van der Waals surface area contributed by atoms with E-state index in [0.29, 0.717) is 17.5 Å². The number of carbonyl (C=O) groups is 2. The van der Waals surface area contributed by atoms with Crippen molar-refractivity contribution >= 4 is 23.7 Å². The molecule has 9 heteroatoms. The van der Waals surface area contributed by atoms with Gasteiger partial charge in [-0.2, -0.15) is 0 Å². The van der Waals surface area contributed by atoms with E-state index in [-0.39, 0.29) is 0 Å². The van der Waals surface area contributed by atoms with Crippen LogP contribution in [-0.2, 0) is 11.3 Å². The molecular weight excluding hydrogens is 462 g/mol. The first-order chi connectivity index (χ1) is 17.0. The van der Waals surface area contributed by atoms with Crippen molar-refractivity contribution in [3.05, 3.63) is 90.5 Å². The molecule has 178 valence electrons. The standard InChI is InChI=1S/C26H25N5O3S/c1-18(24(32)28-25(33)27-17-19-9-5-3-6-10-19)35-26-30-29-23(20-13-15-22(34-2)16-14-20)31(26)21-11-7-4-8-12-21/h3-16,18H,17H2,1-2H3,(H2,27,28,32,33). The van der Waals surface area contributed by atoms with Crippen LogP contribution < -0.4 is 15.4 Å². The van der Waals surface area contributed by atoms with Gasteiger partial charge in [0.2, 0.25) is 5.91 Å². The third-order valence-electron chi connectivity index (χ3n) is 5.18. The number of ether oxygens (including phenoxy) is 1. The summed E-state index contributed by atoms with van der Waals surface area (Å²) in [5, 5.41) is 13.8. The van der Waals surface area contributed by atoms with E-state index in [1.165, 1.54) is 11.8 Å². The first kappa shape index (κ1) is 24.0. The Hall–Kier alpha value is -4.11. The molecule has 3 aromatic carbocycles. The first-order valence-corrected chi connectivity index (χ1v) is 11.9. The summed E-state index contributed by atoms with van der Waals surface area (Å²) >= 11 is 1.23. The smallest absolute Gasteiger partial charge is 0.321 e. The quantitative estimate of drug-likeness (QED) is 0.357. The number of urea groups is 1. The number of para-hydroxylation sites is 1. The van der Waals surface area contributed by atoms with Gasteiger partial charge in [-0.25, -0.2) is 4.79 Å². The molecule has 8 nitrogen and oxygen atoms in total. The third-order valence-corrected chi connectivity index (χ3v) is 6.22. The van der Waals surface area contributed by atoms with Crippen molar-refractivity contribution in [2.75, 3.05) is 7.11 Å². The molecule has 4 rings (SSSR count). The van der Waals surface area contributed by atoms with Gasteiger partial charge in [-0.3, -0.25) is 14.7 Å². The number of thioether (sulfide) groups is 1. The monoisotopic (exact) mass is 487 g/mol. The first-order valence-electron chi connectivity index (χ1n) is 11.0. The molecule has 1 heterocycles. The predicted molar refractivity (Wildman–Crippen MR) is 135 cm³/mol. The van der Waals surface area contributed by atoms with Gasteiger partial charge in [0.25, 0.3) is 0 Å². The number of rotatable bonds is 8. The molecule has 0 bridgehead atoms. The number of methoxy groups -OCH3 is 1. The molecule has 0 aliphatic rings. The largest absolute Gasteiger partial charge is 0.497 e. The van der Waals surface area contributed by atoms with Gasteiger partial charge in [-0.05, 0) is 48.9 Å². The average Bonchev–Trinajstić information content (AvgIpc) is 3.32. The highest BCUT2D eigenvalue weighted by Gasteiger charge is 2.23. The van der Waals surface area contributed by atoms with Gasteiger partial charge in [-0.1, -0.05) is 60.3 Å². The second kappa shape index (κ2) is 11.3. The summed E-state index contributed by atoms with van der Waals surface area (Å²) in [6.45, 7) is 2.05. The Morgan fingerprint density at radius 3 is 2.26 bits per heavy atom. The zero-order valence-corrected chi connectivity index (χ0v) is 20.2. The lowest BCUT2D eigenvalue weighted by Crippen LogP contribution is -2.42. The molecule has 1 unspecified atom stereocenters. The van der Waals surface area contributed by atoms with Crippen molar-refractivity contribution in [2.24, 2.45) is 0 Å². The Morgan fingerprint density at radius 2 is 1.60 bits per heavy atom. The zero-order valence-electron chi connectivity index (χ0n) is 19.3. The van der Waals surface area contributed by atoms with Crippen LogP contribution in [-0.4, -0.2) is 39.1 Å². The van der Waals surface area contributed by atoms with Gasteiger partial charge in [0, 0.05) is 17.8 Å². The van der Waals surface area contributed by atoms with Crippen molar-refractivity contribution in [1.82, 2.24) is 25.4 Å². The molecule has 35 heavy (non-hydrogen) atoms. The average molecular weight is 488 g/mol. The molecule has 1 aromatic heterocycles. The Kier molecular flexibility index (Phi) is 7.79. The third kappa shape index (κ3) is 6.07. The van der Waals surface area contributed by atoms with Gasteiger partial charge in [-0.15, -0.1) is 10.2 Å². The van der Waals surface area contributed by atoms with Crippen molar-refractivity contribution in [1.29, 1.82) is 0 Å². The Labute approximate surface area is 207 Å². The summed E-state index contributed by atoms with van der Waals surface area (Å²) in [5.41, 5.74) is 2.66. The van der Waals surface area contributed by atoms with Crippen LogP contribution in [0.5, 0.6) is 5.75 Å². The number of imide groups is 1. The fraction of sp³-hybridized carbons (Fsp3) is 0.154. The summed E-state index contributed by atoms with van der Waals surface area (Å²) in [6.07, 6.45) is 0. The molecule has 4 aromatic rings. The summed E-state index contributed by atoms with van der Waals surface area (Å²) in [4.78, 5) is 24.9. The van der Waals surface area contributed by atoms with Crippen LogP contribution in [0.25, 0.3) is 17.1 Å². The lowest BCUT2D eigenvalue weighted by Gasteiger charge is -2.14. The zero-order chi connectivity index (χ0) is 24.6. The summed E-state index contributed by atoms with van der Waals surface area (Å²) in [7, 11) is 1.62. The van der Waals surface area contributed by atoms with E-state index in [0.717, 1.165) is 22.6 Å². The van der Waals surface area contributed by atoms with E-state index in [1.54, 1.807) is 14.0 Å². The lowest BCUT2D eigenvalue weighted by molar-refractivity contribution is -0.119. The van der Waals surface area contributed by atoms with Crippen molar-refractivity contribution in [2.45, 2.75) is 23.9 Å². The van der Waals surface area contributed by atoms with E-state index in [2.05, 4.69) is 20.8 Å². The van der Waals surface area contributed by atoms with E-state index in [9.17, 15) is 9.59 Å². The second-order valence-electron chi connectivity index (χ2n) is 7.62. The number of benzene rings is 3. The number of aromatic nitrogens is 3. The number of hydrogen-bond donors (Lipinski definition) is 2. The Balaban J connectivity index is 1.49. The Bertz CT molecular complexity index is 1280. The topological polar surface area (TPSA) is 98.1 Å². The molecule has 3 amide bonds. The maximum absolute atomic E-state index is 12.7. The van der Waals surface area contributed by atoms with Gasteiger partial charge in [0.15, 0.2) is 11.0 Å².